The number of methoxy groups -OCH3 is 1. The van der Waals surface area contributed by atoms with Crippen LogP contribution in [0.1, 0.15) is 51.7 Å². The number of hydrogen-bond acceptors (Lipinski definition) is 6. The number of carbonyl (C=O) groups is 1. The summed E-state index contributed by atoms with van der Waals surface area (Å²) in [5, 5.41) is 16.0. The molecule has 0 saturated heterocycles. The average Bonchev–Trinajstić information content (AvgIpc) is 3.51. The van der Waals surface area contributed by atoms with Gasteiger partial charge in [0.1, 0.15) is 10.8 Å². The standard InChI is InChI=1S/C23H26N4O2S/c1-3-15-4-10-18(11-5-15)25-22(28)23-27-26-20(30-23)14-24-21(16-6-7-16)17-8-12-19(29-2)13-9-17/h4-5,8-13,16,21,24H,3,6-7,14H2,1-2H3,(H,25,28). The summed E-state index contributed by atoms with van der Waals surface area (Å²) in [7, 11) is 1.68. The van der Waals surface area contributed by atoms with Crippen LogP contribution in [-0.4, -0.2) is 23.2 Å². The lowest BCUT2D eigenvalue weighted by molar-refractivity contribution is 0.102. The predicted octanol–water partition coefficient (Wildman–Crippen LogP) is 4.60. The zero-order valence-corrected chi connectivity index (χ0v) is 18.0. The molecule has 0 spiro atoms. The van der Waals surface area contributed by atoms with E-state index in [4.69, 9.17) is 4.74 Å². The van der Waals surface area contributed by atoms with Crippen molar-refractivity contribution in [3.63, 3.8) is 0 Å². The molecular formula is C23H26N4O2S. The Morgan fingerprint density at radius 3 is 2.50 bits per heavy atom. The van der Waals surface area contributed by atoms with E-state index in [9.17, 15) is 4.79 Å². The van der Waals surface area contributed by atoms with Crippen molar-refractivity contribution in [2.45, 2.75) is 38.8 Å². The van der Waals surface area contributed by atoms with Crippen LogP contribution < -0.4 is 15.4 Å². The predicted molar refractivity (Wildman–Crippen MR) is 119 cm³/mol. The van der Waals surface area contributed by atoms with Gasteiger partial charge in [0, 0.05) is 11.7 Å². The van der Waals surface area contributed by atoms with Gasteiger partial charge in [-0.2, -0.15) is 0 Å². The number of rotatable bonds is 9. The summed E-state index contributed by atoms with van der Waals surface area (Å²) in [4.78, 5) is 12.5. The minimum absolute atomic E-state index is 0.225. The van der Waals surface area contributed by atoms with Crippen LogP contribution >= 0.6 is 11.3 Å². The number of benzene rings is 2. The molecule has 1 aliphatic carbocycles. The van der Waals surface area contributed by atoms with Gasteiger partial charge in [0.2, 0.25) is 5.01 Å². The molecule has 1 atom stereocenters. The zero-order valence-electron chi connectivity index (χ0n) is 17.2. The Bertz CT molecular complexity index is 981. The third kappa shape index (κ3) is 5.04. The van der Waals surface area contributed by atoms with Crippen molar-refractivity contribution in [3.8, 4) is 5.75 Å². The van der Waals surface area contributed by atoms with Crippen molar-refractivity contribution in [3.05, 3.63) is 69.7 Å². The maximum atomic E-state index is 12.5. The second-order valence-corrected chi connectivity index (χ2v) is 8.54. The summed E-state index contributed by atoms with van der Waals surface area (Å²) in [5.41, 5.74) is 3.25. The van der Waals surface area contributed by atoms with Gasteiger partial charge in [0.05, 0.1) is 13.7 Å². The number of carbonyl (C=O) groups excluding carboxylic acids is 1. The lowest BCUT2D eigenvalue weighted by Crippen LogP contribution is -2.22. The molecule has 0 bridgehead atoms. The minimum Gasteiger partial charge on any atom is -0.497 e. The molecule has 1 unspecified atom stereocenters. The van der Waals surface area contributed by atoms with Gasteiger partial charge in [-0.15, -0.1) is 10.2 Å². The molecule has 1 fully saturated rings. The first kappa shape index (κ1) is 20.5. The van der Waals surface area contributed by atoms with Crippen LogP contribution in [0.2, 0.25) is 0 Å². The number of ether oxygens (including phenoxy) is 1. The van der Waals surface area contributed by atoms with E-state index < -0.39 is 0 Å². The summed E-state index contributed by atoms with van der Waals surface area (Å²) < 4.78 is 5.26. The third-order valence-corrected chi connectivity index (χ3v) is 6.24. The number of hydrogen-bond donors (Lipinski definition) is 2. The number of nitrogens with zero attached hydrogens (tertiary/aromatic N) is 2. The first-order valence-corrected chi connectivity index (χ1v) is 11.1. The van der Waals surface area contributed by atoms with E-state index in [1.165, 1.54) is 35.3 Å². The van der Waals surface area contributed by atoms with Crippen LogP contribution in [0.15, 0.2) is 48.5 Å². The molecule has 1 aromatic heterocycles. The van der Waals surface area contributed by atoms with Crippen molar-refractivity contribution in [2.24, 2.45) is 5.92 Å². The lowest BCUT2D eigenvalue weighted by atomic mass is 10.0. The van der Waals surface area contributed by atoms with Crippen LogP contribution in [0.5, 0.6) is 5.75 Å². The first-order valence-electron chi connectivity index (χ1n) is 10.3. The van der Waals surface area contributed by atoms with E-state index >= 15 is 0 Å². The van der Waals surface area contributed by atoms with Crippen molar-refractivity contribution in [1.29, 1.82) is 0 Å². The molecule has 4 rings (SSSR count). The van der Waals surface area contributed by atoms with Gasteiger partial charge in [0.25, 0.3) is 5.91 Å². The molecule has 0 radical (unpaired) electrons. The molecule has 156 valence electrons. The van der Waals surface area contributed by atoms with Crippen molar-refractivity contribution < 1.29 is 9.53 Å². The van der Waals surface area contributed by atoms with Gasteiger partial charge >= 0.3 is 0 Å². The fourth-order valence-electron chi connectivity index (χ4n) is 3.42. The quantitative estimate of drug-likeness (QED) is 0.527. The highest BCUT2D eigenvalue weighted by molar-refractivity contribution is 7.13. The summed E-state index contributed by atoms with van der Waals surface area (Å²) in [6.07, 6.45) is 3.42. The van der Waals surface area contributed by atoms with Gasteiger partial charge in [-0.1, -0.05) is 42.5 Å². The van der Waals surface area contributed by atoms with E-state index in [0.29, 0.717) is 17.5 Å². The highest BCUT2D eigenvalue weighted by Crippen LogP contribution is 2.41. The molecule has 30 heavy (non-hydrogen) atoms. The van der Waals surface area contributed by atoms with E-state index in [1.54, 1.807) is 7.11 Å². The third-order valence-electron chi connectivity index (χ3n) is 5.32. The highest BCUT2D eigenvalue weighted by atomic mass is 32.1. The smallest absolute Gasteiger partial charge is 0.286 e. The molecule has 6 nitrogen and oxygen atoms in total. The Balaban J connectivity index is 1.36. The maximum Gasteiger partial charge on any atom is 0.286 e. The van der Waals surface area contributed by atoms with E-state index in [2.05, 4.69) is 39.9 Å². The molecular weight excluding hydrogens is 396 g/mol. The molecule has 2 aromatic carbocycles. The number of amides is 1. The van der Waals surface area contributed by atoms with Crippen LogP contribution in [0.25, 0.3) is 0 Å². The normalized spacial score (nSPS) is 14.3. The van der Waals surface area contributed by atoms with Gasteiger partial charge in [-0.05, 0) is 60.6 Å². The second-order valence-electron chi connectivity index (χ2n) is 7.47. The van der Waals surface area contributed by atoms with Crippen molar-refractivity contribution in [2.75, 3.05) is 12.4 Å². The lowest BCUT2D eigenvalue weighted by Gasteiger charge is -2.18. The first-order chi connectivity index (χ1) is 14.7. The number of nitrogens with one attached hydrogen (secondary N) is 2. The highest BCUT2D eigenvalue weighted by Gasteiger charge is 2.32. The Kier molecular flexibility index (Phi) is 6.40. The Labute approximate surface area is 180 Å². The fraction of sp³-hybridized carbons (Fsp3) is 0.348. The van der Waals surface area contributed by atoms with E-state index in [1.807, 2.05) is 36.4 Å². The number of aromatic nitrogens is 2. The van der Waals surface area contributed by atoms with Crippen molar-refractivity contribution in [1.82, 2.24) is 15.5 Å². The van der Waals surface area contributed by atoms with Crippen LogP contribution in [0, 0.1) is 5.92 Å². The summed E-state index contributed by atoms with van der Waals surface area (Å²) in [6.45, 7) is 2.69. The zero-order chi connectivity index (χ0) is 20.9. The minimum atomic E-state index is -0.225. The molecule has 3 aromatic rings. The molecule has 2 N–H and O–H groups in total. The number of aryl methyl sites for hydroxylation is 1. The molecule has 0 aliphatic heterocycles. The monoisotopic (exact) mass is 422 g/mol. The van der Waals surface area contributed by atoms with Crippen LogP contribution in [-0.2, 0) is 13.0 Å². The fourth-order valence-corrected chi connectivity index (χ4v) is 4.11. The van der Waals surface area contributed by atoms with Crippen LogP contribution in [0.4, 0.5) is 5.69 Å². The largest absolute Gasteiger partial charge is 0.497 e. The van der Waals surface area contributed by atoms with Gasteiger partial charge in [-0.3, -0.25) is 4.79 Å². The Morgan fingerprint density at radius 1 is 1.13 bits per heavy atom. The molecule has 1 aliphatic rings. The Hall–Kier alpha value is -2.77. The van der Waals surface area contributed by atoms with E-state index in [-0.39, 0.29) is 11.9 Å². The topological polar surface area (TPSA) is 76.1 Å². The van der Waals surface area contributed by atoms with Gasteiger partial charge in [-0.25, -0.2) is 0 Å². The second kappa shape index (κ2) is 9.36. The summed E-state index contributed by atoms with van der Waals surface area (Å²) >= 11 is 1.33. The molecule has 1 heterocycles. The molecule has 1 saturated carbocycles. The average molecular weight is 423 g/mol. The Morgan fingerprint density at radius 2 is 1.87 bits per heavy atom. The molecule has 7 heteroatoms. The SMILES string of the molecule is CCc1ccc(NC(=O)c2nnc(CNC(c3ccc(OC)cc3)C3CC3)s2)cc1. The maximum absolute atomic E-state index is 12.5. The molecule has 1 amide bonds. The van der Waals surface area contributed by atoms with Crippen LogP contribution in [0.3, 0.4) is 0 Å². The van der Waals surface area contributed by atoms with Gasteiger partial charge in [0.15, 0.2) is 0 Å². The van der Waals surface area contributed by atoms with E-state index in [0.717, 1.165) is 22.9 Å². The summed E-state index contributed by atoms with van der Waals surface area (Å²) in [5.74, 6) is 1.27. The van der Waals surface area contributed by atoms with Crippen molar-refractivity contribution >= 4 is 22.9 Å². The summed E-state index contributed by atoms with van der Waals surface area (Å²) in [6, 6.07) is 16.3. The van der Waals surface area contributed by atoms with Gasteiger partial charge < -0.3 is 15.4 Å². The number of anilines is 1.